The lowest BCUT2D eigenvalue weighted by molar-refractivity contribution is -0.129. The third-order valence-corrected chi connectivity index (χ3v) is 3.86. The Bertz CT molecular complexity index is 888. The second-order valence-electron chi connectivity index (χ2n) is 5.55. The number of hydrogen-bond donors (Lipinski definition) is 2. The highest BCUT2D eigenvalue weighted by molar-refractivity contribution is 6.02. The van der Waals surface area contributed by atoms with E-state index in [0.717, 1.165) is 16.3 Å². The van der Waals surface area contributed by atoms with Gasteiger partial charge in [-0.2, -0.15) is 5.10 Å². The molecule has 0 saturated carbocycles. The minimum Gasteiger partial charge on any atom is -0.378 e. The number of rotatable bonds is 4. The van der Waals surface area contributed by atoms with Gasteiger partial charge in [0.2, 0.25) is 0 Å². The van der Waals surface area contributed by atoms with Crippen molar-refractivity contribution >= 4 is 22.4 Å². The van der Waals surface area contributed by atoms with Crippen LogP contribution in [0.1, 0.15) is 24.2 Å². The molecule has 0 bridgehead atoms. The zero-order valence-electron chi connectivity index (χ0n) is 13.3. The molecule has 0 heterocycles. The van der Waals surface area contributed by atoms with Crippen molar-refractivity contribution in [2.45, 2.75) is 13.0 Å². The number of nitrogens with one attached hydrogen (secondary N) is 1. The molecule has 1 atom stereocenters. The predicted octanol–water partition coefficient (Wildman–Crippen LogP) is 3.41. The number of hydrazone groups is 1. The summed E-state index contributed by atoms with van der Waals surface area (Å²) in [5, 5.41) is 16.4. The molecule has 1 unspecified atom stereocenters. The smallest absolute Gasteiger partial charge is 0.273 e. The van der Waals surface area contributed by atoms with Gasteiger partial charge in [-0.1, -0.05) is 66.7 Å². The minimum absolute atomic E-state index is 0.536. The number of carbonyl (C=O) groups excluding carboxylic acids is 1. The highest BCUT2D eigenvalue weighted by Gasteiger charge is 2.16. The molecular weight excluding hydrogens is 300 g/mol. The number of aliphatic hydroxyl groups is 1. The molecule has 120 valence electrons. The average Bonchev–Trinajstić information content (AvgIpc) is 2.65. The molecule has 0 aromatic heterocycles. The molecule has 24 heavy (non-hydrogen) atoms. The Morgan fingerprint density at radius 1 is 0.958 bits per heavy atom. The lowest BCUT2D eigenvalue weighted by Gasteiger charge is -2.09. The Kier molecular flexibility index (Phi) is 4.68. The fraction of sp³-hybridized carbons (Fsp3) is 0.100. The zero-order chi connectivity index (χ0) is 16.9. The van der Waals surface area contributed by atoms with Crippen LogP contribution in [-0.2, 0) is 4.79 Å². The molecule has 3 aromatic carbocycles. The highest BCUT2D eigenvalue weighted by atomic mass is 16.3. The minimum atomic E-state index is -1.24. The fourth-order valence-electron chi connectivity index (χ4n) is 2.47. The molecule has 2 N–H and O–H groups in total. The molecule has 0 aliphatic carbocycles. The lowest BCUT2D eigenvalue weighted by Crippen LogP contribution is -2.26. The highest BCUT2D eigenvalue weighted by Crippen LogP contribution is 2.16. The van der Waals surface area contributed by atoms with Gasteiger partial charge in [-0.05, 0) is 34.9 Å². The van der Waals surface area contributed by atoms with E-state index in [1.165, 1.54) is 0 Å². The lowest BCUT2D eigenvalue weighted by atomic mass is 10.0. The van der Waals surface area contributed by atoms with E-state index in [-0.39, 0.29) is 0 Å². The molecule has 3 aromatic rings. The summed E-state index contributed by atoms with van der Waals surface area (Å²) >= 11 is 0. The van der Waals surface area contributed by atoms with Crippen LogP contribution in [-0.4, -0.2) is 16.7 Å². The summed E-state index contributed by atoms with van der Waals surface area (Å²) in [7, 11) is 0. The SMILES string of the molecule is C/C(=N\NC(=O)C(O)c1ccccc1)c1ccc2ccccc2c1. The summed E-state index contributed by atoms with van der Waals surface area (Å²) in [5.41, 5.74) is 4.56. The second-order valence-corrected chi connectivity index (χ2v) is 5.55. The van der Waals surface area contributed by atoms with Crippen LogP contribution in [0.2, 0.25) is 0 Å². The van der Waals surface area contributed by atoms with E-state index in [1.54, 1.807) is 24.3 Å². The van der Waals surface area contributed by atoms with E-state index in [2.05, 4.69) is 10.5 Å². The summed E-state index contributed by atoms with van der Waals surface area (Å²) < 4.78 is 0. The first kappa shape index (κ1) is 15.9. The second kappa shape index (κ2) is 7.06. The van der Waals surface area contributed by atoms with Gasteiger partial charge in [0.15, 0.2) is 6.10 Å². The Morgan fingerprint density at radius 2 is 1.62 bits per heavy atom. The standard InChI is InChI=1S/C20H18N2O2/c1-14(17-12-11-15-7-5-6-10-18(15)13-17)21-22-20(24)19(23)16-8-3-2-4-9-16/h2-13,19,23H,1H3,(H,22,24)/b21-14+. The number of benzene rings is 3. The topological polar surface area (TPSA) is 61.7 Å². The average molecular weight is 318 g/mol. The normalized spacial score (nSPS) is 12.8. The van der Waals surface area contributed by atoms with Gasteiger partial charge in [0, 0.05) is 0 Å². The van der Waals surface area contributed by atoms with Crippen LogP contribution < -0.4 is 5.43 Å². The van der Waals surface area contributed by atoms with Crippen LogP contribution in [0, 0.1) is 0 Å². The van der Waals surface area contributed by atoms with E-state index >= 15 is 0 Å². The Hall–Kier alpha value is -2.98. The summed E-state index contributed by atoms with van der Waals surface area (Å²) in [4.78, 5) is 12.0. The number of carbonyl (C=O) groups is 1. The molecule has 4 nitrogen and oxygen atoms in total. The van der Waals surface area contributed by atoms with Crippen molar-refractivity contribution in [1.29, 1.82) is 0 Å². The van der Waals surface area contributed by atoms with Crippen molar-refractivity contribution in [2.24, 2.45) is 5.10 Å². The maximum absolute atomic E-state index is 12.0. The molecule has 0 aliphatic rings. The quantitative estimate of drug-likeness (QED) is 0.572. The molecule has 0 fully saturated rings. The number of hydrogen-bond acceptors (Lipinski definition) is 3. The molecule has 3 rings (SSSR count). The van der Waals surface area contributed by atoms with Crippen molar-refractivity contribution in [3.63, 3.8) is 0 Å². The maximum atomic E-state index is 12.0. The van der Waals surface area contributed by atoms with Crippen molar-refractivity contribution in [2.75, 3.05) is 0 Å². The Morgan fingerprint density at radius 3 is 2.38 bits per heavy atom. The van der Waals surface area contributed by atoms with Crippen LogP contribution >= 0.6 is 0 Å². The maximum Gasteiger partial charge on any atom is 0.273 e. The fourth-order valence-corrected chi connectivity index (χ4v) is 2.47. The van der Waals surface area contributed by atoms with E-state index in [9.17, 15) is 9.90 Å². The number of fused-ring (bicyclic) bond motifs is 1. The van der Waals surface area contributed by atoms with Gasteiger partial charge in [-0.15, -0.1) is 0 Å². The number of amides is 1. The summed E-state index contributed by atoms with van der Waals surface area (Å²) in [6.07, 6.45) is -1.24. The third kappa shape index (κ3) is 3.50. The summed E-state index contributed by atoms with van der Waals surface area (Å²) in [6.45, 7) is 1.82. The molecule has 0 aliphatic heterocycles. The van der Waals surface area contributed by atoms with Crippen LogP contribution in [0.5, 0.6) is 0 Å². The first-order valence-electron chi connectivity index (χ1n) is 7.71. The monoisotopic (exact) mass is 318 g/mol. The van der Waals surface area contributed by atoms with Gasteiger partial charge in [-0.3, -0.25) is 4.79 Å². The Balaban J connectivity index is 1.74. The van der Waals surface area contributed by atoms with E-state index < -0.39 is 12.0 Å². The largest absolute Gasteiger partial charge is 0.378 e. The van der Waals surface area contributed by atoms with Gasteiger partial charge < -0.3 is 5.11 Å². The van der Waals surface area contributed by atoms with Gasteiger partial charge in [0.05, 0.1) is 5.71 Å². The predicted molar refractivity (Wildman–Crippen MR) is 95.7 cm³/mol. The van der Waals surface area contributed by atoms with Gasteiger partial charge >= 0.3 is 0 Å². The van der Waals surface area contributed by atoms with Crippen molar-refractivity contribution in [3.05, 3.63) is 83.9 Å². The molecule has 1 amide bonds. The number of aliphatic hydroxyl groups excluding tert-OH is 1. The zero-order valence-corrected chi connectivity index (χ0v) is 13.3. The first-order valence-corrected chi connectivity index (χ1v) is 7.71. The van der Waals surface area contributed by atoms with Crippen LogP contribution in [0.15, 0.2) is 77.9 Å². The molecule has 0 radical (unpaired) electrons. The van der Waals surface area contributed by atoms with Gasteiger partial charge in [-0.25, -0.2) is 5.43 Å². The van der Waals surface area contributed by atoms with E-state index in [1.807, 2.05) is 55.5 Å². The molecular formula is C20H18N2O2. The van der Waals surface area contributed by atoms with Crippen LogP contribution in [0.3, 0.4) is 0 Å². The molecule has 4 heteroatoms. The molecule has 0 saturated heterocycles. The van der Waals surface area contributed by atoms with Crippen LogP contribution in [0.25, 0.3) is 10.8 Å². The Labute approximate surface area is 140 Å². The van der Waals surface area contributed by atoms with Crippen LogP contribution in [0.4, 0.5) is 0 Å². The van der Waals surface area contributed by atoms with Crippen molar-refractivity contribution < 1.29 is 9.90 Å². The third-order valence-electron chi connectivity index (χ3n) is 3.86. The van der Waals surface area contributed by atoms with E-state index in [0.29, 0.717) is 11.3 Å². The van der Waals surface area contributed by atoms with Gasteiger partial charge in [0.25, 0.3) is 5.91 Å². The van der Waals surface area contributed by atoms with Gasteiger partial charge in [0.1, 0.15) is 0 Å². The first-order chi connectivity index (χ1) is 11.6. The van der Waals surface area contributed by atoms with E-state index in [4.69, 9.17) is 0 Å². The van der Waals surface area contributed by atoms with Crippen molar-refractivity contribution in [3.8, 4) is 0 Å². The number of nitrogens with zero attached hydrogens (tertiary/aromatic N) is 1. The van der Waals surface area contributed by atoms with Crippen molar-refractivity contribution in [1.82, 2.24) is 5.43 Å². The molecule has 0 spiro atoms. The summed E-state index contributed by atoms with van der Waals surface area (Å²) in [6, 6.07) is 22.8. The summed E-state index contributed by atoms with van der Waals surface area (Å²) in [5.74, 6) is -0.554.